The lowest BCUT2D eigenvalue weighted by atomic mass is 10.0. The van der Waals surface area contributed by atoms with Crippen molar-refractivity contribution in [2.24, 2.45) is 4.99 Å². The molecule has 30 heavy (non-hydrogen) atoms. The SMILES string of the molecule is CC(C)(C)OC(=O)[C@H](C/C=C/c1cccs1)N=C(c1ccccc1)c1ccccc1. The van der Waals surface area contributed by atoms with Crippen LogP contribution in [-0.4, -0.2) is 23.3 Å². The first-order valence-corrected chi connectivity index (χ1v) is 10.9. The van der Waals surface area contributed by atoms with Gasteiger partial charge in [-0.3, -0.25) is 4.99 Å². The highest BCUT2D eigenvalue weighted by atomic mass is 32.1. The van der Waals surface area contributed by atoms with Crippen LogP contribution in [0.4, 0.5) is 0 Å². The molecule has 0 spiro atoms. The molecular weight excluding hydrogens is 390 g/mol. The second kappa shape index (κ2) is 10.2. The number of thiophene rings is 1. The predicted octanol–water partition coefficient (Wildman–Crippen LogP) is 6.40. The Hall–Kier alpha value is -2.98. The maximum Gasteiger partial charge on any atom is 0.331 e. The average Bonchev–Trinajstić information content (AvgIpc) is 3.24. The summed E-state index contributed by atoms with van der Waals surface area (Å²) in [5.74, 6) is -0.317. The second-order valence-corrected chi connectivity index (χ2v) is 8.89. The van der Waals surface area contributed by atoms with Crippen molar-refractivity contribution >= 4 is 29.1 Å². The summed E-state index contributed by atoms with van der Waals surface area (Å²) in [7, 11) is 0. The normalized spacial score (nSPS) is 12.5. The molecule has 1 atom stereocenters. The van der Waals surface area contributed by atoms with Crippen LogP contribution >= 0.6 is 11.3 Å². The molecule has 0 saturated carbocycles. The summed E-state index contributed by atoms with van der Waals surface area (Å²) in [5, 5.41) is 2.03. The van der Waals surface area contributed by atoms with Gasteiger partial charge >= 0.3 is 5.97 Å². The smallest absolute Gasteiger partial charge is 0.331 e. The molecule has 0 aliphatic carbocycles. The van der Waals surface area contributed by atoms with Gasteiger partial charge in [0.2, 0.25) is 0 Å². The molecule has 3 aromatic rings. The van der Waals surface area contributed by atoms with E-state index in [1.165, 1.54) is 0 Å². The van der Waals surface area contributed by atoms with E-state index in [2.05, 4.69) is 0 Å². The van der Waals surface area contributed by atoms with Gasteiger partial charge in [-0.2, -0.15) is 0 Å². The first kappa shape index (κ1) is 21.7. The molecule has 1 heterocycles. The van der Waals surface area contributed by atoms with E-state index in [-0.39, 0.29) is 5.97 Å². The van der Waals surface area contributed by atoms with E-state index in [9.17, 15) is 4.79 Å². The number of esters is 1. The first-order chi connectivity index (χ1) is 14.4. The average molecular weight is 418 g/mol. The zero-order valence-electron chi connectivity index (χ0n) is 17.6. The number of hydrogen-bond acceptors (Lipinski definition) is 4. The molecule has 4 heteroatoms. The molecule has 154 valence electrons. The lowest BCUT2D eigenvalue weighted by Crippen LogP contribution is -2.31. The van der Waals surface area contributed by atoms with Crippen molar-refractivity contribution in [2.45, 2.75) is 38.8 Å². The Morgan fingerprint density at radius 1 is 0.967 bits per heavy atom. The standard InChI is InChI=1S/C26H27NO2S/c1-26(2,3)29-25(28)23(18-10-16-22-17-11-19-30-22)27-24(20-12-6-4-7-13-20)21-14-8-5-9-15-21/h4-17,19,23H,18H2,1-3H3/b16-10+/t23-/m0/s1. The first-order valence-electron chi connectivity index (χ1n) is 10.0. The van der Waals surface area contributed by atoms with Gasteiger partial charge in [0.15, 0.2) is 6.04 Å². The van der Waals surface area contributed by atoms with Crippen molar-refractivity contribution in [3.63, 3.8) is 0 Å². The molecular formula is C26H27NO2S. The quantitative estimate of drug-likeness (QED) is 0.330. The molecule has 0 aliphatic heterocycles. The van der Waals surface area contributed by atoms with Gasteiger partial charge in [-0.25, -0.2) is 4.79 Å². The van der Waals surface area contributed by atoms with Crippen LogP contribution in [0.25, 0.3) is 6.08 Å². The summed E-state index contributed by atoms with van der Waals surface area (Å²) in [4.78, 5) is 19.0. The topological polar surface area (TPSA) is 38.7 Å². The van der Waals surface area contributed by atoms with Gasteiger partial charge in [0.1, 0.15) is 5.60 Å². The third kappa shape index (κ3) is 6.53. The van der Waals surface area contributed by atoms with Gasteiger partial charge < -0.3 is 4.74 Å². The number of carbonyl (C=O) groups excluding carboxylic acids is 1. The highest BCUT2D eigenvalue weighted by molar-refractivity contribution is 7.10. The van der Waals surface area contributed by atoms with Crippen LogP contribution in [0, 0.1) is 0 Å². The molecule has 0 radical (unpaired) electrons. The number of aliphatic imine (C=N–C) groups is 1. The molecule has 2 aromatic carbocycles. The van der Waals surface area contributed by atoms with Crippen LogP contribution in [0.5, 0.6) is 0 Å². The van der Waals surface area contributed by atoms with Gasteiger partial charge in [0.25, 0.3) is 0 Å². The van der Waals surface area contributed by atoms with Gasteiger partial charge in [0, 0.05) is 16.0 Å². The zero-order valence-corrected chi connectivity index (χ0v) is 18.4. The Morgan fingerprint density at radius 2 is 1.57 bits per heavy atom. The maximum absolute atomic E-state index is 13.0. The van der Waals surface area contributed by atoms with E-state index in [1.54, 1.807) is 11.3 Å². The largest absolute Gasteiger partial charge is 0.458 e. The molecule has 0 saturated heterocycles. The summed E-state index contributed by atoms with van der Waals surface area (Å²) in [6.45, 7) is 5.63. The number of hydrogen-bond donors (Lipinski definition) is 0. The van der Waals surface area contributed by atoms with Crippen molar-refractivity contribution in [3.8, 4) is 0 Å². The number of rotatable bonds is 7. The number of benzene rings is 2. The summed E-state index contributed by atoms with van der Waals surface area (Å²) < 4.78 is 5.68. The lowest BCUT2D eigenvalue weighted by Gasteiger charge is -2.22. The Balaban J connectivity index is 1.97. The lowest BCUT2D eigenvalue weighted by molar-refractivity contribution is -0.156. The molecule has 0 aliphatic rings. The summed E-state index contributed by atoms with van der Waals surface area (Å²) >= 11 is 1.66. The van der Waals surface area contributed by atoms with Crippen LogP contribution in [0.15, 0.2) is 89.2 Å². The van der Waals surface area contributed by atoms with Gasteiger partial charge in [-0.05, 0) is 44.7 Å². The fourth-order valence-electron chi connectivity index (χ4n) is 2.93. The van der Waals surface area contributed by atoms with Crippen LogP contribution in [0.3, 0.4) is 0 Å². The van der Waals surface area contributed by atoms with Crippen LogP contribution in [0.2, 0.25) is 0 Å². The Labute approximate surface area is 182 Å². The van der Waals surface area contributed by atoms with Crippen molar-refractivity contribution in [3.05, 3.63) is 100 Å². The minimum Gasteiger partial charge on any atom is -0.458 e. The molecule has 0 bridgehead atoms. The van der Waals surface area contributed by atoms with E-state index in [1.807, 2.05) is 111 Å². The van der Waals surface area contributed by atoms with Crippen LogP contribution in [0.1, 0.15) is 43.2 Å². The van der Waals surface area contributed by atoms with Crippen molar-refractivity contribution in [1.82, 2.24) is 0 Å². The highest BCUT2D eigenvalue weighted by Gasteiger charge is 2.25. The number of nitrogens with zero attached hydrogens (tertiary/aromatic N) is 1. The summed E-state index contributed by atoms with van der Waals surface area (Å²) in [6.07, 6.45) is 4.50. The third-order valence-corrected chi connectivity index (χ3v) is 5.08. The van der Waals surface area contributed by atoms with Crippen molar-refractivity contribution < 1.29 is 9.53 Å². The van der Waals surface area contributed by atoms with Crippen molar-refractivity contribution in [1.29, 1.82) is 0 Å². The summed E-state index contributed by atoms with van der Waals surface area (Å²) in [5.41, 5.74) is 2.16. The van der Waals surface area contributed by atoms with Crippen molar-refractivity contribution in [2.75, 3.05) is 0 Å². The molecule has 3 rings (SSSR count). The monoisotopic (exact) mass is 417 g/mol. The van der Waals surface area contributed by atoms with E-state index >= 15 is 0 Å². The van der Waals surface area contributed by atoms with E-state index in [0.29, 0.717) is 6.42 Å². The van der Waals surface area contributed by atoms with E-state index in [4.69, 9.17) is 9.73 Å². The third-order valence-electron chi connectivity index (χ3n) is 4.24. The molecule has 3 nitrogen and oxygen atoms in total. The van der Waals surface area contributed by atoms with Gasteiger partial charge in [-0.15, -0.1) is 11.3 Å². The van der Waals surface area contributed by atoms with E-state index in [0.717, 1.165) is 21.7 Å². The fourth-order valence-corrected chi connectivity index (χ4v) is 3.58. The fraction of sp³-hybridized carbons (Fsp3) is 0.231. The number of carbonyl (C=O) groups is 1. The minimum atomic E-state index is -0.629. The highest BCUT2D eigenvalue weighted by Crippen LogP contribution is 2.18. The minimum absolute atomic E-state index is 0.317. The molecule has 0 N–H and O–H groups in total. The Kier molecular flexibility index (Phi) is 7.36. The molecule has 0 unspecified atom stereocenters. The Bertz CT molecular complexity index is 943. The molecule has 0 fully saturated rings. The van der Waals surface area contributed by atoms with E-state index < -0.39 is 11.6 Å². The van der Waals surface area contributed by atoms with Gasteiger partial charge in [-0.1, -0.05) is 72.8 Å². The van der Waals surface area contributed by atoms with Crippen LogP contribution in [-0.2, 0) is 9.53 Å². The van der Waals surface area contributed by atoms with Crippen LogP contribution < -0.4 is 0 Å². The number of ether oxygens (including phenoxy) is 1. The maximum atomic E-state index is 13.0. The summed E-state index contributed by atoms with van der Waals surface area (Å²) in [6, 6.07) is 23.3. The Morgan fingerprint density at radius 3 is 2.07 bits per heavy atom. The zero-order chi connectivity index (χ0) is 21.4. The molecule has 1 aromatic heterocycles. The second-order valence-electron chi connectivity index (χ2n) is 7.91. The molecule has 0 amide bonds. The van der Waals surface area contributed by atoms with Gasteiger partial charge in [0.05, 0.1) is 5.71 Å². The predicted molar refractivity (Wildman–Crippen MR) is 126 cm³/mol.